The highest BCUT2D eigenvalue weighted by atomic mass is 16.5. The van der Waals surface area contributed by atoms with Crippen molar-refractivity contribution in [1.29, 1.82) is 0 Å². The molecule has 1 aromatic heterocycles. The van der Waals surface area contributed by atoms with E-state index in [1.54, 1.807) is 0 Å². The Bertz CT molecular complexity index is 421. The van der Waals surface area contributed by atoms with Crippen LogP contribution in [0.15, 0.2) is 4.52 Å². The third-order valence-electron chi connectivity index (χ3n) is 4.44. The van der Waals surface area contributed by atoms with Crippen LogP contribution >= 0.6 is 0 Å². The van der Waals surface area contributed by atoms with Gasteiger partial charge in [-0.2, -0.15) is 4.98 Å². The van der Waals surface area contributed by atoms with E-state index in [2.05, 4.69) is 17.1 Å². The molecule has 1 saturated carbocycles. The van der Waals surface area contributed by atoms with E-state index in [1.165, 1.54) is 19.3 Å². The lowest BCUT2D eigenvalue weighted by Crippen LogP contribution is -2.29. The molecule has 0 radical (unpaired) electrons. The molecule has 2 rings (SSSR count). The number of aromatic nitrogens is 2. The Hall–Kier alpha value is -0.940. The number of nitrogens with zero attached hydrogens (tertiary/aromatic N) is 2. The maximum absolute atomic E-state index is 6.26. The molecule has 1 aromatic rings. The van der Waals surface area contributed by atoms with Gasteiger partial charge in [-0.1, -0.05) is 31.3 Å². The van der Waals surface area contributed by atoms with Gasteiger partial charge in [0.1, 0.15) is 5.60 Å². The van der Waals surface area contributed by atoms with Crippen LogP contribution in [0.2, 0.25) is 0 Å². The SMILES string of the molecule is CCOC(C)(CC)c1noc(C2CCCCCC2N)n1. The molecule has 1 fully saturated rings. The van der Waals surface area contributed by atoms with Crippen LogP contribution in [0.5, 0.6) is 0 Å². The minimum absolute atomic E-state index is 0.130. The van der Waals surface area contributed by atoms with Gasteiger partial charge in [-0.15, -0.1) is 0 Å². The molecule has 5 nitrogen and oxygen atoms in total. The highest BCUT2D eigenvalue weighted by Crippen LogP contribution is 2.32. The van der Waals surface area contributed by atoms with Gasteiger partial charge in [0.15, 0.2) is 0 Å². The Morgan fingerprint density at radius 1 is 1.30 bits per heavy atom. The minimum Gasteiger partial charge on any atom is -0.367 e. The molecule has 3 atom stereocenters. The number of rotatable bonds is 5. The predicted octanol–water partition coefficient (Wildman–Crippen LogP) is 3.11. The van der Waals surface area contributed by atoms with Gasteiger partial charge in [-0.05, 0) is 33.1 Å². The molecule has 5 heteroatoms. The van der Waals surface area contributed by atoms with E-state index in [0.717, 1.165) is 19.3 Å². The summed E-state index contributed by atoms with van der Waals surface area (Å²) in [6.45, 7) is 6.70. The van der Waals surface area contributed by atoms with Gasteiger partial charge >= 0.3 is 0 Å². The van der Waals surface area contributed by atoms with Gasteiger partial charge < -0.3 is 15.0 Å². The summed E-state index contributed by atoms with van der Waals surface area (Å²) in [6, 6.07) is 0.130. The Labute approximate surface area is 121 Å². The third kappa shape index (κ3) is 3.20. The van der Waals surface area contributed by atoms with Crippen molar-refractivity contribution in [3.8, 4) is 0 Å². The van der Waals surface area contributed by atoms with Gasteiger partial charge in [0.2, 0.25) is 11.7 Å². The zero-order valence-electron chi connectivity index (χ0n) is 12.9. The van der Waals surface area contributed by atoms with E-state index in [-0.39, 0.29) is 12.0 Å². The molecule has 1 aliphatic rings. The fourth-order valence-electron chi connectivity index (χ4n) is 2.89. The summed E-state index contributed by atoms with van der Waals surface area (Å²) >= 11 is 0. The predicted molar refractivity (Wildman–Crippen MR) is 77.4 cm³/mol. The van der Waals surface area contributed by atoms with Crippen LogP contribution < -0.4 is 5.73 Å². The second-order valence-corrected chi connectivity index (χ2v) is 5.88. The first-order valence-corrected chi connectivity index (χ1v) is 7.84. The lowest BCUT2D eigenvalue weighted by Gasteiger charge is -2.24. The molecular weight excluding hydrogens is 254 g/mol. The van der Waals surface area contributed by atoms with E-state index in [4.69, 9.17) is 15.0 Å². The standard InChI is InChI=1S/C15H27N3O2/c1-4-15(3,19-5-2)14-17-13(20-18-14)11-9-7-6-8-10-12(11)16/h11-12H,4-10,16H2,1-3H3. The topological polar surface area (TPSA) is 74.2 Å². The third-order valence-corrected chi connectivity index (χ3v) is 4.44. The van der Waals surface area contributed by atoms with Gasteiger partial charge in [-0.25, -0.2) is 0 Å². The zero-order chi connectivity index (χ0) is 14.6. The van der Waals surface area contributed by atoms with E-state index >= 15 is 0 Å². The fraction of sp³-hybridized carbons (Fsp3) is 0.867. The van der Waals surface area contributed by atoms with Crippen LogP contribution in [0.25, 0.3) is 0 Å². The summed E-state index contributed by atoms with van der Waals surface area (Å²) in [7, 11) is 0. The highest BCUT2D eigenvalue weighted by molar-refractivity contribution is 5.04. The Morgan fingerprint density at radius 2 is 2.05 bits per heavy atom. The van der Waals surface area contributed by atoms with Crippen molar-refractivity contribution in [2.75, 3.05) is 6.61 Å². The molecule has 114 valence electrons. The molecular formula is C15H27N3O2. The molecule has 0 bridgehead atoms. The van der Waals surface area contributed by atoms with E-state index < -0.39 is 5.60 Å². The van der Waals surface area contributed by atoms with Crippen molar-refractivity contribution in [1.82, 2.24) is 10.1 Å². The number of nitrogens with two attached hydrogens (primary N) is 1. The summed E-state index contributed by atoms with van der Waals surface area (Å²) in [6.07, 6.45) is 6.53. The molecule has 2 N–H and O–H groups in total. The highest BCUT2D eigenvalue weighted by Gasteiger charge is 2.33. The van der Waals surface area contributed by atoms with Crippen molar-refractivity contribution >= 4 is 0 Å². The molecule has 0 saturated heterocycles. The second kappa shape index (κ2) is 6.68. The van der Waals surface area contributed by atoms with Crippen molar-refractivity contribution in [2.24, 2.45) is 5.73 Å². The molecule has 1 aliphatic carbocycles. The van der Waals surface area contributed by atoms with Crippen molar-refractivity contribution < 1.29 is 9.26 Å². The largest absolute Gasteiger partial charge is 0.367 e. The summed E-state index contributed by atoms with van der Waals surface area (Å²) in [4.78, 5) is 4.60. The quantitative estimate of drug-likeness (QED) is 0.839. The lowest BCUT2D eigenvalue weighted by atomic mass is 9.95. The van der Waals surface area contributed by atoms with Crippen LogP contribution in [0.4, 0.5) is 0 Å². The van der Waals surface area contributed by atoms with Crippen LogP contribution in [-0.2, 0) is 10.3 Å². The number of hydrogen-bond donors (Lipinski definition) is 1. The summed E-state index contributed by atoms with van der Waals surface area (Å²) in [5, 5.41) is 4.15. The Kier molecular flexibility index (Phi) is 5.16. The Morgan fingerprint density at radius 3 is 2.75 bits per heavy atom. The van der Waals surface area contributed by atoms with Gasteiger partial charge in [0, 0.05) is 12.6 Å². The smallest absolute Gasteiger partial charge is 0.231 e. The van der Waals surface area contributed by atoms with Crippen LogP contribution in [0.3, 0.4) is 0 Å². The lowest BCUT2D eigenvalue weighted by molar-refractivity contribution is -0.0403. The van der Waals surface area contributed by atoms with Crippen LogP contribution in [-0.4, -0.2) is 22.8 Å². The van der Waals surface area contributed by atoms with Crippen molar-refractivity contribution in [3.05, 3.63) is 11.7 Å². The monoisotopic (exact) mass is 281 g/mol. The Balaban J connectivity index is 2.18. The average molecular weight is 281 g/mol. The van der Waals surface area contributed by atoms with Crippen LogP contribution in [0.1, 0.15) is 76.9 Å². The van der Waals surface area contributed by atoms with Crippen LogP contribution in [0, 0.1) is 0 Å². The summed E-state index contributed by atoms with van der Waals surface area (Å²) in [5.74, 6) is 1.53. The van der Waals surface area contributed by atoms with E-state index in [9.17, 15) is 0 Å². The molecule has 0 aliphatic heterocycles. The van der Waals surface area contributed by atoms with E-state index in [1.807, 2.05) is 13.8 Å². The number of hydrogen-bond acceptors (Lipinski definition) is 5. The fourth-order valence-corrected chi connectivity index (χ4v) is 2.89. The molecule has 0 amide bonds. The molecule has 3 unspecified atom stereocenters. The maximum Gasteiger partial charge on any atom is 0.231 e. The first-order chi connectivity index (χ1) is 9.60. The minimum atomic E-state index is -0.467. The van der Waals surface area contributed by atoms with Gasteiger partial charge in [-0.3, -0.25) is 0 Å². The summed E-state index contributed by atoms with van der Waals surface area (Å²) < 4.78 is 11.3. The zero-order valence-corrected chi connectivity index (χ0v) is 12.9. The summed E-state index contributed by atoms with van der Waals surface area (Å²) in [5.41, 5.74) is 5.79. The second-order valence-electron chi connectivity index (χ2n) is 5.88. The molecule has 0 aromatic carbocycles. The van der Waals surface area contributed by atoms with Crippen molar-refractivity contribution in [3.63, 3.8) is 0 Å². The first-order valence-electron chi connectivity index (χ1n) is 7.84. The van der Waals surface area contributed by atoms with E-state index in [0.29, 0.717) is 18.3 Å². The van der Waals surface area contributed by atoms with Gasteiger partial charge in [0.05, 0.1) is 5.92 Å². The molecule has 0 spiro atoms. The molecule has 1 heterocycles. The normalized spacial score (nSPS) is 27.0. The average Bonchev–Trinajstić information content (AvgIpc) is 2.83. The maximum atomic E-state index is 6.26. The van der Waals surface area contributed by atoms with Crippen molar-refractivity contribution in [2.45, 2.75) is 76.9 Å². The number of ether oxygens (including phenoxy) is 1. The van der Waals surface area contributed by atoms with Gasteiger partial charge in [0.25, 0.3) is 0 Å². The molecule has 20 heavy (non-hydrogen) atoms. The first kappa shape index (κ1) is 15.4.